The fraction of sp³-hybridized carbons (Fsp3) is 0.526. The number of aliphatic imine (C=N–C) groups is 1. The third-order valence-corrected chi connectivity index (χ3v) is 4.52. The first-order valence-electron chi connectivity index (χ1n) is 9.14. The number of rotatable bonds is 3. The smallest absolute Gasteiger partial charge is 0.410 e. The Morgan fingerprint density at radius 3 is 2.81 bits per heavy atom. The Morgan fingerprint density at radius 1 is 1.33 bits per heavy atom. The molecule has 2 aliphatic heterocycles. The van der Waals surface area contributed by atoms with Crippen LogP contribution in [0.5, 0.6) is 0 Å². The molecule has 1 atom stereocenters. The van der Waals surface area contributed by atoms with E-state index in [-0.39, 0.29) is 12.1 Å². The number of nitrogens with two attached hydrogens (primary N) is 1. The van der Waals surface area contributed by atoms with Gasteiger partial charge in [-0.25, -0.2) is 4.79 Å². The number of benzene rings is 1. The first-order chi connectivity index (χ1) is 12.7. The standard InChI is InChI=1S/C19H27N5O3/c1-19(2,3)27-18(26)23-7-8-24-15(12-23)11-22-17(24)21-10-13-5-4-6-14(9-13)16(20)25/h4-6,9,15H,7-8,10-12H2,1-3H3,(H2,20,25)(H,21,22). The van der Waals surface area contributed by atoms with Gasteiger partial charge in [0.2, 0.25) is 5.91 Å². The topological polar surface area (TPSA) is 100 Å². The molecular formula is C19H27N5O3. The van der Waals surface area contributed by atoms with Gasteiger partial charge in [0.1, 0.15) is 5.60 Å². The summed E-state index contributed by atoms with van der Waals surface area (Å²) in [7, 11) is 0. The fourth-order valence-corrected chi connectivity index (χ4v) is 3.24. The highest BCUT2D eigenvalue weighted by Gasteiger charge is 2.36. The minimum Gasteiger partial charge on any atom is -0.444 e. The molecule has 146 valence electrons. The van der Waals surface area contributed by atoms with Crippen molar-refractivity contribution in [3.05, 3.63) is 35.4 Å². The third-order valence-electron chi connectivity index (χ3n) is 4.52. The molecule has 3 N–H and O–H groups in total. The monoisotopic (exact) mass is 373 g/mol. The zero-order valence-corrected chi connectivity index (χ0v) is 16.1. The molecule has 1 aromatic carbocycles. The summed E-state index contributed by atoms with van der Waals surface area (Å²) in [5, 5.41) is 3.33. The summed E-state index contributed by atoms with van der Waals surface area (Å²) in [6.07, 6.45) is -0.271. The summed E-state index contributed by atoms with van der Waals surface area (Å²) >= 11 is 0. The number of ether oxygens (including phenoxy) is 1. The lowest BCUT2D eigenvalue weighted by molar-refractivity contribution is 0.0137. The van der Waals surface area contributed by atoms with E-state index >= 15 is 0 Å². The Hall–Kier alpha value is -2.77. The van der Waals surface area contributed by atoms with Gasteiger partial charge in [0.25, 0.3) is 0 Å². The molecule has 27 heavy (non-hydrogen) atoms. The van der Waals surface area contributed by atoms with E-state index in [1.54, 1.807) is 17.0 Å². The number of nitrogens with zero attached hydrogens (tertiary/aromatic N) is 3. The van der Waals surface area contributed by atoms with Gasteiger partial charge in [0.15, 0.2) is 5.96 Å². The highest BCUT2D eigenvalue weighted by Crippen LogP contribution is 2.19. The minimum atomic E-state index is -0.493. The van der Waals surface area contributed by atoms with Crippen molar-refractivity contribution in [3.8, 4) is 0 Å². The second-order valence-corrected chi connectivity index (χ2v) is 7.86. The van der Waals surface area contributed by atoms with Crippen LogP contribution < -0.4 is 11.1 Å². The Balaban J connectivity index is 1.54. The van der Waals surface area contributed by atoms with E-state index in [0.717, 1.165) is 11.5 Å². The van der Waals surface area contributed by atoms with Crippen molar-refractivity contribution >= 4 is 18.0 Å². The number of carbonyl (C=O) groups is 2. The van der Waals surface area contributed by atoms with Gasteiger partial charge in [-0.15, -0.1) is 0 Å². The van der Waals surface area contributed by atoms with Crippen LogP contribution in [0.3, 0.4) is 0 Å². The van der Waals surface area contributed by atoms with E-state index in [0.29, 0.717) is 38.3 Å². The van der Waals surface area contributed by atoms with Crippen molar-refractivity contribution in [2.75, 3.05) is 26.2 Å². The Morgan fingerprint density at radius 2 is 2.11 bits per heavy atom. The zero-order chi connectivity index (χ0) is 19.6. The molecular weight excluding hydrogens is 346 g/mol. The van der Waals surface area contributed by atoms with Gasteiger partial charge in [-0.3, -0.25) is 9.79 Å². The molecule has 1 saturated heterocycles. The van der Waals surface area contributed by atoms with Crippen LogP contribution >= 0.6 is 0 Å². The molecule has 2 amide bonds. The quantitative estimate of drug-likeness (QED) is 0.828. The van der Waals surface area contributed by atoms with Crippen molar-refractivity contribution in [2.45, 2.75) is 39.0 Å². The first-order valence-corrected chi connectivity index (χ1v) is 9.14. The van der Waals surface area contributed by atoms with Crippen molar-refractivity contribution in [1.29, 1.82) is 0 Å². The highest BCUT2D eigenvalue weighted by atomic mass is 16.6. The number of hydrogen-bond donors (Lipinski definition) is 2. The average molecular weight is 373 g/mol. The molecule has 8 nitrogen and oxygen atoms in total. The van der Waals surface area contributed by atoms with E-state index in [9.17, 15) is 9.59 Å². The molecule has 8 heteroatoms. The van der Waals surface area contributed by atoms with E-state index in [1.807, 2.05) is 32.9 Å². The predicted molar refractivity (Wildman–Crippen MR) is 102 cm³/mol. The largest absolute Gasteiger partial charge is 0.444 e. The van der Waals surface area contributed by atoms with Crippen LogP contribution in [0.2, 0.25) is 0 Å². The number of carbonyl (C=O) groups excluding carboxylic acids is 2. The maximum Gasteiger partial charge on any atom is 0.410 e. The number of primary amides is 1. The summed E-state index contributed by atoms with van der Waals surface area (Å²) < 4.78 is 5.47. The fourth-order valence-electron chi connectivity index (χ4n) is 3.24. The van der Waals surface area contributed by atoms with Crippen molar-refractivity contribution in [2.24, 2.45) is 10.7 Å². The minimum absolute atomic E-state index is 0.158. The van der Waals surface area contributed by atoms with E-state index in [1.165, 1.54) is 0 Å². The Bertz CT molecular complexity index is 756. The van der Waals surface area contributed by atoms with Gasteiger partial charge in [0.05, 0.1) is 12.6 Å². The van der Waals surface area contributed by atoms with Crippen LogP contribution in [0.15, 0.2) is 29.3 Å². The highest BCUT2D eigenvalue weighted by molar-refractivity contribution is 5.93. The van der Waals surface area contributed by atoms with Crippen LogP contribution in [0.1, 0.15) is 36.7 Å². The molecule has 1 unspecified atom stereocenters. The van der Waals surface area contributed by atoms with Gasteiger partial charge in [-0.1, -0.05) is 12.1 Å². The summed E-state index contributed by atoms with van der Waals surface area (Å²) in [6, 6.07) is 7.39. The van der Waals surface area contributed by atoms with Gasteiger partial charge in [-0.05, 0) is 38.5 Å². The molecule has 0 spiro atoms. The first kappa shape index (κ1) is 19.0. The lowest BCUT2D eigenvalue weighted by Crippen LogP contribution is -2.57. The number of piperazine rings is 1. The summed E-state index contributed by atoms with van der Waals surface area (Å²) in [4.78, 5) is 32.1. The molecule has 0 radical (unpaired) electrons. The molecule has 3 rings (SSSR count). The van der Waals surface area contributed by atoms with Gasteiger partial charge in [-0.2, -0.15) is 0 Å². The van der Waals surface area contributed by atoms with Crippen molar-refractivity contribution in [3.63, 3.8) is 0 Å². The predicted octanol–water partition coefficient (Wildman–Crippen LogP) is 1.17. The van der Waals surface area contributed by atoms with Gasteiger partial charge >= 0.3 is 6.09 Å². The third kappa shape index (κ3) is 4.69. The van der Waals surface area contributed by atoms with Crippen molar-refractivity contribution in [1.82, 2.24) is 15.1 Å². The number of guanidine groups is 1. The molecule has 1 aromatic rings. The Labute approximate surface area is 159 Å². The second-order valence-electron chi connectivity index (χ2n) is 7.86. The summed E-state index contributed by atoms with van der Waals surface area (Å²) in [6.45, 7) is 8.71. The zero-order valence-electron chi connectivity index (χ0n) is 16.1. The Kier molecular flexibility index (Phi) is 5.25. The van der Waals surface area contributed by atoms with Crippen LogP contribution in [-0.4, -0.2) is 65.6 Å². The van der Waals surface area contributed by atoms with Crippen LogP contribution in [0.25, 0.3) is 0 Å². The van der Waals surface area contributed by atoms with Crippen LogP contribution in [0, 0.1) is 0 Å². The molecule has 2 aliphatic rings. The lowest BCUT2D eigenvalue weighted by atomic mass is 10.1. The molecule has 0 aromatic heterocycles. The van der Waals surface area contributed by atoms with Gasteiger partial charge in [0, 0.05) is 31.7 Å². The maximum atomic E-state index is 12.3. The number of nitrogens with one attached hydrogen (secondary N) is 1. The lowest BCUT2D eigenvalue weighted by Gasteiger charge is -2.39. The van der Waals surface area contributed by atoms with E-state index in [2.05, 4.69) is 15.2 Å². The molecule has 0 saturated carbocycles. The number of hydrogen-bond acceptors (Lipinski definition) is 6. The summed E-state index contributed by atoms with van der Waals surface area (Å²) in [5.41, 5.74) is 6.29. The maximum absolute atomic E-state index is 12.3. The molecule has 0 bridgehead atoms. The van der Waals surface area contributed by atoms with E-state index < -0.39 is 11.5 Å². The SMILES string of the molecule is CC(C)(C)OC(=O)N1CCN2C(NCc3cccc(C(N)=O)c3)=NCC2C1. The van der Waals surface area contributed by atoms with Crippen LogP contribution in [-0.2, 0) is 11.3 Å². The van der Waals surface area contributed by atoms with Crippen molar-refractivity contribution < 1.29 is 14.3 Å². The normalized spacial score (nSPS) is 19.4. The van der Waals surface area contributed by atoms with Gasteiger partial charge < -0.3 is 25.6 Å². The number of fused-ring (bicyclic) bond motifs is 1. The van der Waals surface area contributed by atoms with E-state index in [4.69, 9.17) is 10.5 Å². The summed E-state index contributed by atoms with van der Waals surface area (Å²) in [5.74, 6) is 0.390. The number of amides is 2. The molecule has 0 aliphatic carbocycles. The molecule has 2 heterocycles. The molecule has 1 fully saturated rings. The average Bonchev–Trinajstić information content (AvgIpc) is 3.01. The van der Waals surface area contributed by atoms with Crippen LogP contribution in [0.4, 0.5) is 4.79 Å². The second kappa shape index (κ2) is 7.46.